The van der Waals surface area contributed by atoms with Crippen LogP contribution in [0.15, 0.2) is 83.6 Å². The van der Waals surface area contributed by atoms with Gasteiger partial charge in [-0.25, -0.2) is 4.79 Å². The lowest BCUT2D eigenvalue weighted by Gasteiger charge is -2.45. The third-order valence-electron chi connectivity index (χ3n) is 5.25. The van der Waals surface area contributed by atoms with Crippen molar-refractivity contribution in [3.05, 3.63) is 94.7 Å². The number of nitrogens with zero attached hydrogens (tertiary/aromatic N) is 2. The summed E-state index contributed by atoms with van der Waals surface area (Å²) < 4.78 is 11.1. The average Bonchev–Trinajstić information content (AvgIpc) is 2.84. The molecule has 2 aliphatic rings. The number of rotatable bonds is 6. The maximum Gasteiger partial charge on any atom is 0.356 e. The molecular weight excluding hydrogens is 440 g/mol. The quantitative estimate of drug-likeness (QED) is 0.282. The molecule has 1 amide bonds. The van der Waals surface area contributed by atoms with E-state index in [1.165, 1.54) is 29.7 Å². The molecule has 8 heteroatoms. The van der Waals surface area contributed by atoms with Crippen LogP contribution in [0.2, 0.25) is 0 Å². The van der Waals surface area contributed by atoms with Crippen LogP contribution >= 0.6 is 11.8 Å². The Labute approximate surface area is 195 Å². The van der Waals surface area contributed by atoms with Crippen LogP contribution in [0.3, 0.4) is 0 Å². The van der Waals surface area contributed by atoms with E-state index >= 15 is 0 Å². The third kappa shape index (κ3) is 4.54. The van der Waals surface area contributed by atoms with Gasteiger partial charge >= 0.3 is 11.9 Å². The van der Waals surface area contributed by atoms with Gasteiger partial charge in [-0.3, -0.25) is 14.5 Å². The molecule has 0 aromatic heterocycles. The summed E-state index contributed by atoms with van der Waals surface area (Å²) in [6.45, 7) is 1.16. The molecule has 2 heterocycles. The first-order chi connectivity index (χ1) is 16.0. The molecule has 0 radical (unpaired) electrons. The predicted octanol–water partition coefficient (Wildman–Crippen LogP) is 3.50. The molecule has 7 nitrogen and oxygen atoms in total. The van der Waals surface area contributed by atoms with Crippen LogP contribution in [0.25, 0.3) is 0 Å². The van der Waals surface area contributed by atoms with Crippen molar-refractivity contribution < 1.29 is 23.9 Å². The maximum absolute atomic E-state index is 13.5. The second-order valence-electron chi connectivity index (χ2n) is 7.41. The molecule has 0 unspecified atom stereocenters. The van der Waals surface area contributed by atoms with Crippen LogP contribution in [0.5, 0.6) is 0 Å². The Morgan fingerprint density at radius 2 is 1.76 bits per heavy atom. The maximum atomic E-state index is 13.5. The highest BCUT2D eigenvalue weighted by molar-refractivity contribution is 8.00. The number of esters is 2. The summed E-state index contributed by atoms with van der Waals surface area (Å²) in [7, 11) is 0. The summed E-state index contributed by atoms with van der Waals surface area (Å²) in [4.78, 5) is 39.0. The Morgan fingerprint density at radius 1 is 1.15 bits per heavy atom. The summed E-state index contributed by atoms with van der Waals surface area (Å²) in [6.07, 6.45) is 0.508. The fraction of sp³-hybridized carbons (Fsp3) is 0.200. The molecule has 2 aromatic rings. The number of hydrogen-bond acceptors (Lipinski definition) is 7. The topological polar surface area (TPSA) is 96.7 Å². The number of benzene rings is 2. The normalized spacial score (nSPS) is 18.5. The molecule has 2 aliphatic heterocycles. The molecule has 4 rings (SSSR count). The zero-order valence-electron chi connectivity index (χ0n) is 17.8. The van der Waals surface area contributed by atoms with Crippen LogP contribution in [0.4, 0.5) is 0 Å². The Kier molecular flexibility index (Phi) is 6.61. The molecule has 33 heavy (non-hydrogen) atoms. The first kappa shape index (κ1) is 22.4. The molecule has 0 saturated carbocycles. The summed E-state index contributed by atoms with van der Waals surface area (Å²) in [5.41, 5.74) is 2.45. The highest BCUT2D eigenvalue weighted by Gasteiger charge is 2.50. The summed E-state index contributed by atoms with van der Waals surface area (Å²) in [6, 6.07) is 20.5. The van der Waals surface area contributed by atoms with Gasteiger partial charge in [-0.2, -0.15) is 5.26 Å². The van der Waals surface area contributed by atoms with Gasteiger partial charge in [0.2, 0.25) is 0 Å². The predicted molar refractivity (Wildman–Crippen MR) is 121 cm³/mol. The number of ether oxygens (including phenoxy) is 2. The lowest BCUT2D eigenvalue weighted by molar-refractivity contribution is -0.149. The Morgan fingerprint density at radius 3 is 2.30 bits per heavy atom. The van der Waals surface area contributed by atoms with Crippen LogP contribution in [0.1, 0.15) is 24.2 Å². The van der Waals surface area contributed by atoms with Crippen molar-refractivity contribution in [2.75, 3.05) is 12.4 Å². The van der Waals surface area contributed by atoms with E-state index in [1.54, 1.807) is 0 Å². The van der Waals surface area contributed by atoms with Gasteiger partial charge < -0.3 is 9.47 Å². The van der Waals surface area contributed by atoms with E-state index in [0.29, 0.717) is 16.9 Å². The van der Waals surface area contributed by atoms with Gasteiger partial charge in [-0.1, -0.05) is 60.7 Å². The third-order valence-corrected chi connectivity index (χ3v) is 6.55. The van der Waals surface area contributed by atoms with Crippen LogP contribution in [-0.4, -0.2) is 40.5 Å². The minimum absolute atomic E-state index is 0.0666. The molecule has 1 fully saturated rings. The highest BCUT2D eigenvalue weighted by Crippen LogP contribution is 2.44. The number of fused-ring (bicyclic) bond motifs is 1. The molecule has 2 aromatic carbocycles. The largest absolute Gasteiger partial charge is 0.461 e. The number of carbonyl (C=O) groups excluding carboxylic acids is 3. The molecule has 0 N–H and O–H groups in total. The summed E-state index contributed by atoms with van der Waals surface area (Å²) in [5, 5.41) is 8.53. The van der Waals surface area contributed by atoms with Crippen LogP contribution in [0, 0.1) is 11.3 Å². The first-order valence-corrected chi connectivity index (χ1v) is 11.3. The second-order valence-corrected chi connectivity index (χ2v) is 8.47. The SMILES string of the molecule is CC(=O)OCC1=C(C(=O)OC(c2ccccc2)c2ccccc2)N2C(=O)/C(=C/C#N)[C@H]2SC1. The smallest absolute Gasteiger partial charge is 0.356 e. The van der Waals surface area contributed by atoms with Gasteiger partial charge in [-0.15, -0.1) is 11.8 Å². The molecule has 166 valence electrons. The summed E-state index contributed by atoms with van der Waals surface area (Å²) in [5.74, 6) is -1.26. The fourth-order valence-corrected chi connectivity index (χ4v) is 4.99. The van der Waals surface area contributed by atoms with Gasteiger partial charge in [0.1, 0.15) is 17.7 Å². The van der Waals surface area contributed by atoms with Crippen molar-refractivity contribution in [3.63, 3.8) is 0 Å². The van der Waals surface area contributed by atoms with E-state index in [2.05, 4.69) is 0 Å². The van der Waals surface area contributed by atoms with E-state index in [1.807, 2.05) is 66.7 Å². The highest BCUT2D eigenvalue weighted by atomic mass is 32.2. The number of amides is 1. The number of β-lactam (4-membered cyclic amide) rings is 1. The molecule has 0 bridgehead atoms. The molecule has 1 atom stereocenters. The molecule has 0 spiro atoms. The van der Waals surface area contributed by atoms with Crippen molar-refractivity contribution in [2.24, 2.45) is 0 Å². The lowest BCUT2D eigenvalue weighted by atomic mass is 10.0. The zero-order chi connectivity index (χ0) is 23.4. The number of hydrogen-bond donors (Lipinski definition) is 0. The Balaban J connectivity index is 1.70. The van der Waals surface area contributed by atoms with Gasteiger partial charge in [0.15, 0.2) is 6.10 Å². The summed E-state index contributed by atoms with van der Waals surface area (Å²) >= 11 is 1.39. The van der Waals surface area contributed by atoms with Gasteiger partial charge in [0.25, 0.3) is 5.91 Å². The van der Waals surface area contributed by atoms with Crippen molar-refractivity contribution in [1.82, 2.24) is 4.90 Å². The minimum Gasteiger partial charge on any atom is -0.461 e. The number of allylic oxidation sites excluding steroid dienone is 1. The van der Waals surface area contributed by atoms with E-state index in [9.17, 15) is 14.4 Å². The first-order valence-electron chi connectivity index (χ1n) is 10.2. The molecule has 1 saturated heterocycles. The number of nitriles is 1. The van der Waals surface area contributed by atoms with Crippen molar-refractivity contribution in [2.45, 2.75) is 18.4 Å². The van der Waals surface area contributed by atoms with E-state index in [4.69, 9.17) is 14.7 Å². The minimum atomic E-state index is -0.694. The van der Waals surface area contributed by atoms with Crippen molar-refractivity contribution in [1.29, 1.82) is 5.26 Å². The van der Waals surface area contributed by atoms with Crippen LogP contribution in [-0.2, 0) is 23.9 Å². The standard InChI is InChI=1S/C25H20N2O5S/c1-16(28)31-14-19-15-33-24-20(12-13-26)23(29)27(24)21(19)25(30)32-22(17-8-4-2-5-9-17)18-10-6-3-7-11-18/h2-12,22,24H,14-15H2,1H3/b20-12-/t24-/m1/s1. The van der Waals surface area contributed by atoms with Gasteiger partial charge in [0.05, 0.1) is 11.6 Å². The van der Waals surface area contributed by atoms with Crippen molar-refractivity contribution >= 4 is 29.6 Å². The van der Waals surface area contributed by atoms with Gasteiger partial charge in [-0.05, 0) is 11.1 Å². The van der Waals surface area contributed by atoms with Gasteiger partial charge in [0, 0.05) is 24.3 Å². The Bertz CT molecular complexity index is 1140. The zero-order valence-corrected chi connectivity index (χ0v) is 18.6. The van der Waals surface area contributed by atoms with Crippen molar-refractivity contribution in [3.8, 4) is 6.07 Å². The number of thioether (sulfide) groups is 1. The second kappa shape index (κ2) is 9.76. The Hall–Kier alpha value is -3.83. The average molecular weight is 461 g/mol. The lowest BCUT2D eigenvalue weighted by Crippen LogP contribution is -2.56. The van der Waals surface area contributed by atoms with E-state index in [-0.39, 0.29) is 12.3 Å². The monoisotopic (exact) mass is 460 g/mol. The number of carbonyl (C=O) groups is 3. The van der Waals surface area contributed by atoms with E-state index in [0.717, 1.165) is 11.1 Å². The molecular formula is C25H20N2O5S. The van der Waals surface area contributed by atoms with Crippen LogP contribution < -0.4 is 0 Å². The molecule has 0 aliphatic carbocycles. The van der Waals surface area contributed by atoms with E-state index < -0.39 is 29.3 Å². The fourth-order valence-electron chi connectivity index (χ4n) is 3.72.